The van der Waals surface area contributed by atoms with Gasteiger partial charge in [0.15, 0.2) is 0 Å². The molecule has 0 aromatic rings. The monoisotopic (exact) mass is 262 g/mol. The van der Waals surface area contributed by atoms with Crippen LogP contribution in [0.1, 0.15) is 40.5 Å². The maximum Gasteiger partial charge on any atom is 0.214 e. The summed E-state index contributed by atoms with van der Waals surface area (Å²) in [6.07, 6.45) is 1.47. The fourth-order valence-corrected chi connectivity index (χ4v) is 3.92. The molecule has 0 amide bonds. The van der Waals surface area contributed by atoms with Crippen molar-refractivity contribution in [2.24, 2.45) is 17.1 Å². The summed E-state index contributed by atoms with van der Waals surface area (Å²) in [6, 6.07) is 0.143. The Morgan fingerprint density at radius 3 is 2.41 bits per heavy atom. The van der Waals surface area contributed by atoms with Crippen molar-refractivity contribution >= 4 is 10.0 Å². The molecule has 1 fully saturated rings. The molecule has 1 heterocycles. The molecule has 0 radical (unpaired) electrons. The molecular weight excluding hydrogens is 236 g/mol. The summed E-state index contributed by atoms with van der Waals surface area (Å²) in [5.74, 6) is 0.506. The lowest BCUT2D eigenvalue weighted by atomic mass is 9.94. The molecule has 4 nitrogen and oxygen atoms in total. The Hall–Kier alpha value is -0.130. The molecule has 2 atom stereocenters. The van der Waals surface area contributed by atoms with Gasteiger partial charge in [0, 0.05) is 19.1 Å². The van der Waals surface area contributed by atoms with Gasteiger partial charge in [0.2, 0.25) is 10.0 Å². The predicted octanol–water partition coefficient (Wildman–Crippen LogP) is 1.42. The van der Waals surface area contributed by atoms with Gasteiger partial charge in [-0.25, -0.2) is 12.7 Å². The first kappa shape index (κ1) is 14.9. The Kier molecular flexibility index (Phi) is 4.60. The zero-order chi connectivity index (χ0) is 13.3. The number of rotatable bonds is 3. The zero-order valence-corrected chi connectivity index (χ0v) is 12.3. The van der Waals surface area contributed by atoms with Gasteiger partial charge in [-0.1, -0.05) is 27.7 Å². The van der Waals surface area contributed by atoms with Crippen LogP contribution in [-0.4, -0.2) is 37.6 Å². The number of nitrogens with zero attached hydrogens (tertiary/aromatic N) is 1. The van der Waals surface area contributed by atoms with Crippen LogP contribution in [0, 0.1) is 11.3 Å². The Morgan fingerprint density at radius 1 is 1.35 bits per heavy atom. The number of nitrogens with two attached hydrogens (primary N) is 1. The van der Waals surface area contributed by atoms with Gasteiger partial charge in [-0.15, -0.1) is 0 Å². The molecule has 0 aromatic carbocycles. The highest BCUT2D eigenvalue weighted by Gasteiger charge is 2.31. The van der Waals surface area contributed by atoms with Crippen molar-refractivity contribution in [1.82, 2.24) is 4.31 Å². The van der Waals surface area contributed by atoms with Crippen LogP contribution in [0.25, 0.3) is 0 Å². The van der Waals surface area contributed by atoms with E-state index in [1.54, 1.807) is 4.31 Å². The van der Waals surface area contributed by atoms with Crippen molar-refractivity contribution in [1.29, 1.82) is 0 Å². The molecule has 5 heteroatoms. The summed E-state index contributed by atoms with van der Waals surface area (Å²) in [7, 11) is -3.10. The average Bonchev–Trinajstić information content (AvgIpc) is 2.18. The Bertz CT molecular complexity index is 346. The third kappa shape index (κ3) is 4.56. The van der Waals surface area contributed by atoms with E-state index < -0.39 is 10.0 Å². The molecule has 17 heavy (non-hydrogen) atoms. The molecular formula is C12H26N2O2S. The van der Waals surface area contributed by atoms with Crippen molar-refractivity contribution in [3.05, 3.63) is 0 Å². The van der Waals surface area contributed by atoms with Crippen LogP contribution < -0.4 is 5.73 Å². The number of hydrogen-bond donors (Lipinski definition) is 1. The van der Waals surface area contributed by atoms with Gasteiger partial charge in [0.25, 0.3) is 0 Å². The first-order chi connectivity index (χ1) is 7.62. The SMILES string of the molecule is CC1CN(S(=O)(=O)CCC(C)(C)C)CCC1N. The van der Waals surface area contributed by atoms with Gasteiger partial charge in [-0.3, -0.25) is 0 Å². The van der Waals surface area contributed by atoms with Crippen LogP contribution in [0.5, 0.6) is 0 Å². The largest absolute Gasteiger partial charge is 0.327 e. The summed E-state index contributed by atoms with van der Waals surface area (Å²) in [5, 5.41) is 0. The van der Waals surface area contributed by atoms with Crippen molar-refractivity contribution in [2.75, 3.05) is 18.8 Å². The second kappa shape index (κ2) is 5.24. The maximum absolute atomic E-state index is 12.2. The third-order valence-corrected chi connectivity index (χ3v) is 5.28. The van der Waals surface area contributed by atoms with Crippen LogP contribution in [0.2, 0.25) is 0 Å². The highest BCUT2D eigenvalue weighted by atomic mass is 32.2. The summed E-state index contributed by atoms with van der Waals surface area (Å²) in [6.45, 7) is 9.38. The summed E-state index contributed by atoms with van der Waals surface area (Å²) in [4.78, 5) is 0. The summed E-state index contributed by atoms with van der Waals surface area (Å²) < 4.78 is 26.0. The lowest BCUT2D eigenvalue weighted by Gasteiger charge is -2.34. The van der Waals surface area contributed by atoms with Gasteiger partial charge in [-0.2, -0.15) is 0 Å². The summed E-state index contributed by atoms with van der Waals surface area (Å²) >= 11 is 0. The fraction of sp³-hybridized carbons (Fsp3) is 1.00. The minimum Gasteiger partial charge on any atom is -0.327 e. The molecule has 0 bridgehead atoms. The van der Waals surface area contributed by atoms with E-state index in [1.165, 1.54) is 0 Å². The molecule has 2 N–H and O–H groups in total. The van der Waals surface area contributed by atoms with E-state index in [4.69, 9.17) is 5.73 Å². The first-order valence-corrected chi connectivity index (χ1v) is 7.96. The van der Waals surface area contributed by atoms with Gasteiger partial charge in [0.1, 0.15) is 0 Å². The van der Waals surface area contributed by atoms with E-state index >= 15 is 0 Å². The molecule has 1 rings (SSSR count). The number of sulfonamides is 1. The maximum atomic E-state index is 12.2. The van der Waals surface area contributed by atoms with Gasteiger partial charge >= 0.3 is 0 Å². The van der Waals surface area contributed by atoms with Crippen LogP contribution in [0.4, 0.5) is 0 Å². The Balaban J connectivity index is 2.59. The molecule has 102 valence electrons. The predicted molar refractivity (Wildman–Crippen MR) is 71.2 cm³/mol. The Morgan fingerprint density at radius 2 is 1.94 bits per heavy atom. The molecule has 2 unspecified atom stereocenters. The minimum absolute atomic E-state index is 0.0604. The normalized spacial score (nSPS) is 28.3. The van der Waals surface area contributed by atoms with E-state index in [0.29, 0.717) is 19.5 Å². The fourth-order valence-electron chi connectivity index (χ4n) is 1.94. The quantitative estimate of drug-likeness (QED) is 0.836. The minimum atomic E-state index is -3.10. The Labute approximate surface area is 106 Å². The molecule has 0 saturated carbocycles. The smallest absolute Gasteiger partial charge is 0.214 e. The van der Waals surface area contributed by atoms with Crippen LogP contribution in [0.15, 0.2) is 0 Å². The standard InChI is InChI=1S/C12H26N2O2S/c1-10-9-14(7-5-11(10)13)17(15,16)8-6-12(2,3)4/h10-11H,5-9,13H2,1-4H3. The van der Waals surface area contributed by atoms with Crippen LogP contribution >= 0.6 is 0 Å². The van der Waals surface area contributed by atoms with Gasteiger partial charge in [-0.05, 0) is 24.2 Å². The highest BCUT2D eigenvalue weighted by Crippen LogP contribution is 2.23. The average molecular weight is 262 g/mol. The van der Waals surface area contributed by atoms with E-state index in [1.807, 2.05) is 6.92 Å². The molecule has 0 spiro atoms. The van der Waals surface area contributed by atoms with Crippen molar-refractivity contribution in [2.45, 2.75) is 46.6 Å². The highest BCUT2D eigenvalue weighted by molar-refractivity contribution is 7.89. The van der Waals surface area contributed by atoms with Crippen molar-refractivity contribution in [3.63, 3.8) is 0 Å². The van der Waals surface area contributed by atoms with Crippen molar-refractivity contribution in [3.8, 4) is 0 Å². The second-order valence-corrected chi connectivity index (χ2v) is 8.50. The van der Waals surface area contributed by atoms with E-state index in [9.17, 15) is 8.42 Å². The lowest BCUT2D eigenvalue weighted by molar-refractivity contribution is 0.248. The first-order valence-electron chi connectivity index (χ1n) is 6.35. The van der Waals surface area contributed by atoms with Crippen LogP contribution in [-0.2, 0) is 10.0 Å². The van der Waals surface area contributed by atoms with E-state index in [0.717, 1.165) is 6.42 Å². The number of hydrogen-bond acceptors (Lipinski definition) is 3. The topological polar surface area (TPSA) is 63.4 Å². The number of piperidine rings is 1. The lowest BCUT2D eigenvalue weighted by Crippen LogP contribution is -2.48. The van der Waals surface area contributed by atoms with Gasteiger partial charge in [0.05, 0.1) is 5.75 Å². The van der Waals surface area contributed by atoms with Crippen LogP contribution in [0.3, 0.4) is 0 Å². The molecule has 1 aliphatic rings. The van der Waals surface area contributed by atoms with E-state index in [2.05, 4.69) is 20.8 Å². The van der Waals surface area contributed by atoms with E-state index in [-0.39, 0.29) is 23.1 Å². The molecule has 1 saturated heterocycles. The summed E-state index contributed by atoms with van der Waals surface area (Å²) in [5.41, 5.74) is 5.97. The zero-order valence-electron chi connectivity index (χ0n) is 11.4. The molecule has 1 aliphatic heterocycles. The second-order valence-electron chi connectivity index (χ2n) is 6.41. The molecule has 0 aromatic heterocycles. The molecule has 0 aliphatic carbocycles. The van der Waals surface area contributed by atoms with Gasteiger partial charge < -0.3 is 5.73 Å². The third-order valence-electron chi connectivity index (χ3n) is 3.44. The van der Waals surface area contributed by atoms with Crippen molar-refractivity contribution < 1.29 is 8.42 Å².